The summed E-state index contributed by atoms with van der Waals surface area (Å²) in [6, 6.07) is 13.6. The molecule has 4 aromatic rings. The van der Waals surface area contributed by atoms with E-state index in [9.17, 15) is 9.18 Å². The number of rotatable bonds is 4. The Morgan fingerprint density at radius 1 is 1.09 bits per heavy atom. The fourth-order valence-electron chi connectivity index (χ4n) is 4.05. The second kappa shape index (κ2) is 8.47. The van der Waals surface area contributed by atoms with Crippen molar-refractivity contribution in [1.82, 2.24) is 24.9 Å². The van der Waals surface area contributed by atoms with Gasteiger partial charge in [0, 0.05) is 50.2 Å². The minimum absolute atomic E-state index is 0.0791. The third-order valence-corrected chi connectivity index (χ3v) is 5.69. The standard InChI is InChI=1S/C24H22FN5O2/c1-16-14-20(21-22(28-32-23(21)27-16)17-5-7-18(25)8-6-17)24(31)30-12-10-29(11-13-30)15-19-4-2-3-9-26-19/h2-9,14H,10-13,15H2,1H3. The summed E-state index contributed by atoms with van der Waals surface area (Å²) in [5, 5.41) is 4.70. The maximum absolute atomic E-state index is 13.5. The molecule has 5 rings (SSSR count). The molecule has 1 saturated heterocycles. The Bertz CT molecular complexity index is 1250. The predicted octanol–water partition coefficient (Wildman–Crippen LogP) is 3.69. The topological polar surface area (TPSA) is 75.4 Å². The molecule has 1 aliphatic heterocycles. The van der Waals surface area contributed by atoms with E-state index in [4.69, 9.17) is 4.52 Å². The molecule has 0 spiro atoms. The van der Waals surface area contributed by atoms with Crippen molar-refractivity contribution in [2.75, 3.05) is 26.2 Å². The number of hydrogen-bond donors (Lipinski definition) is 0. The van der Waals surface area contributed by atoms with E-state index in [1.807, 2.05) is 30.0 Å². The first-order chi connectivity index (χ1) is 15.6. The van der Waals surface area contributed by atoms with Crippen molar-refractivity contribution in [3.8, 4) is 11.3 Å². The molecule has 162 valence electrons. The molecule has 8 heteroatoms. The molecule has 1 amide bonds. The lowest BCUT2D eigenvalue weighted by Gasteiger charge is -2.34. The third-order valence-electron chi connectivity index (χ3n) is 5.69. The number of halogens is 1. The van der Waals surface area contributed by atoms with Crippen molar-refractivity contribution in [1.29, 1.82) is 0 Å². The Hall–Kier alpha value is -3.65. The van der Waals surface area contributed by atoms with E-state index in [0.717, 1.165) is 25.3 Å². The monoisotopic (exact) mass is 431 g/mol. The first kappa shape index (κ1) is 20.3. The zero-order chi connectivity index (χ0) is 22.1. The molecular weight excluding hydrogens is 409 g/mol. The van der Waals surface area contributed by atoms with E-state index in [2.05, 4.69) is 20.0 Å². The number of amides is 1. The molecule has 0 atom stereocenters. The van der Waals surface area contributed by atoms with Crippen LogP contribution in [0.3, 0.4) is 0 Å². The minimum Gasteiger partial charge on any atom is -0.336 e. The van der Waals surface area contributed by atoms with Crippen LogP contribution in [-0.2, 0) is 6.54 Å². The Balaban J connectivity index is 1.40. The Morgan fingerprint density at radius 2 is 1.88 bits per heavy atom. The van der Waals surface area contributed by atoms with Gasteiger partial charge in [0.1, 0.15) is 11.5 Å². The van der Waals surface area contributed by atoms with Gasteiger partial charge < -0.3 is 9.42 Å². The van der Waals surface area contributed by atoms with Crippen molar-refractivity contribution in [2.24, 2.45) is 0 Å². The highest BCUT2D eigenvalue weighted by atomic mass is 19.1. The quantitative estimate of drug-likeness (QED) is 0.491. The van der Waals surface area contributed by atoms with Gasteiger partial charge in [-0.05, 0) is 49.4 Å². The van der Waals surface area contributed by atoms with Gasteiger partial charge in [-0.1, -0.05) is 11.2 Å². The first-order valence-corrected chi connectivity index (χ1v) is 10.5. The van der Waals surface area contributed by atoms with Crippen molar-refractivity contribution < 1.29 is 13.7 Å². The number of aromatic nitrogens is 3. The van der Waals surface area contributed by atoms with Gasteiger partial charge in [0.15, 0.2) is 0 Å². The molecule has 0 aliphatic carbocycles. The van der Waals surface area contributed by atoms with E-state index in [1.165, 1.54) is 12.1 Å². The van der Waals surface area contributed by atoms with E-state index in [-0.39, 0.29) is 11.7 Å². The van der Waals surface area contributed by atoms with E-state index >= 15 is 0 Å². The summed E-state index contributed by atoms with van der Waals surface area (Å²) in [5.41, 5.74) is 3.67. The van der Waals surface area contributed by atoms with Crippen LogP contribution in [0.1, 0.15) is 21.7 Å². The Kier molecular flexibility index (Phi) is 5.36. The zero-order valence-corrected chi connectivity index (χ0v) is 17.7. The minimum atomic E-state index is -0.338. The normalized spacial score (nSPS) is 14.8. The van der Waals surface area contributed by atoms with Gasteiger partial charge in [0.05, 0.1) is 16.6 Å². The number of piperazine rings is 1. The SMILES string of the molecule is Cc1cc(C(=O)N2CCN(Cc3ccccn3)CC2)c2c(-c3ccc(F)cc3)noc2n1. The molecular formula is C24H22FN5O2. The van der Waals surface area contributed by atoms with E-state index in [1.54, 1.807) is 24.4 Å². The summed E-state index contributed by atoms with van der Waals surface area (Å²) in [6.45, 7) is 5.36. The number of pyridine rings is 2. The second-order valence-corrected chi connectivity index (χ2v) is 7.92. The lowest BCUT2D eigenvalue weighted by Crippen LogP contribution is -2.48. The van der Waals surface area contributed by atoms with Gasteiger partial charge in [-0.3, -0.25) is 14.7 Å². The van der Waals surface area contributed by atoms with Crippen LogP contribution >= 0.6 is 0 Å². The highest BCUT2D eigenvalue weighted by Crippen LogP contribution is 2.31. The van der Waals surface area contributed by atoms with Crippen LogP contribution in [0.4, 0.5) is 4.39 Å². The zero-order valence-electron chi connectivity index (χ0n) is 17.7. The van der Waals surface area contributed by atoms with Crippen LogP contribution < -0.4 is 0 Å². The second-order valence-electron chi connectivity index (χ2n) is 7.92. The summed E-state index contributed by atoms with van der Waals surface area (Å²) in [4.78, 5) is 26.4. The average Bonchev–Trinajstić information content (AvgIpc) is 3.23. The number of aryl methyl sites for hydroxylation is 1. The molecule has 0 N–H and O–H groups in total. The average molecular weight is 431 g/mol. The number of hydrogen-bond acceptors (Lipinski definition) is 6. The lowest BCUT2D eigenvalue weighted by atomic mass is 10.0. The molecule has 0 radical (unpaired) electrons. The summed E-state index contributed by atoms with van der Waals surface area (Å²) < 4.78 is 18.8. The number of fused-ring (bicyclic) bond motifs is 1. The van der Waals surface area contributed by atoms with Gasteiger partial charge in [-0.2, -0.15) is 0 Å². The third kappa shape index (κ3) is 3.97. The van der Waals surface area contributed by atoms with Crippen molar-refractivity contribution in [3.63, 3.8) is 0 Å². The summed E-state index contributed by atoms with van der Waals surface area (Å²) in [6.07, 6.45) is 1.80. The van der Waals surface area contributed by atoms with Crippen LogP contribution in [0.25, 0.3) is 22.4 Å². The van der Waals surface area contributed by atoms with Gasteiger partial charge in [0.2, 0.25) is 0 Å². The van der Waals surface area contributed by atoms with Crippen LogP contribution in [0.2, 0.25) is 0 Å². The molecule has 4 heterocycles. The first-order valence-electron chi connectivity index (χ1n) is 10.5. The van der Waals surface area contributed by atoms with Crippen LogP contribution in [-0.4, -0.2) is 57.0 Å². The van der Waals surface area contributed by atoms with Crippen molar-refractivity contribution in [3.05, 3.63) is 77.5 Å². The molecule has 7 nitrogen and oxygen atoms in total. The molecule has 0 bridgehead atoms. The lowest BCUT2D eigenvalue weighted by molar-refractivity contribution is 0.0629. The van der Waals surface area contributed by atoms with Crippen LogP contribution in [0.5, 0.6) is 0 Å². The van der Waals surface area contributed by atoms with Gasteiger partial charge >= 0.3 is 0 Å². The molecule has 0 saturated carbocycles. The van der Waals surface area contributed by atoms with E-state index in [0.29, 0.717) is 46.7 Å². The maximum atomic E-state index is 13.5. The van der Waals surface area contributed by atoms with Crippen molar-refractivity contribution >= 4 is 17.0 Å². The number of nitrogens with zero attached hydrogens (tertiary/aromatic N) is 5. The molecule has 3 aromatic heterocycles. The summed E-state index contributed by atoms with van der Waals surface area (Å²) in [7, 11) is 0. The Morgan fingerprint density at radius 3 is 2.59 bits per heavy atom. The number of carbonyl (C=O) groups is 1. The van der Waals surface area contributed by atoms with Gasteiger partial charge in [-0.25, -0.2) is 9.37 Å². The predicted molar refractivity (Wildman–Crippen MR) is 117 cm³/mol. The summed E-state index contributed by atoms with van der Waals surface area (Å²) >= 11 is 0. The molecule has 1 aliphatic rings. The van der Waals surface area contributed by atoms with E-state index < -0.39 is 0 Å². The molecule has 1 aromatic carbocycles. The van der Waals surface area contributed by atoms with Crippen molar-refractivity contribution in [2.45, 2.75) is 13.5 Å². The van der Waals surface area contributed by atoms with Gasteiger partial charge in [0.25, 0.3) is 11.6 Å². The Labute approximate surface area is 184 Å². The maximum Gasteiger partial charge on any atom is 0.259 e. The van der Waals surface area contributed by atoms with Gasteiger partial charge in [-0.15, -0.1) is 0 Å². The fourth-order valence-corrected chi connectivity index (χ4v) is 4.05. The highest BCUT2D eigenvalue weighted by Gasteiger charge is 2.27. The van der Waals surface area contributed by atoms with Crippen LogP contribution in [0.15, 0.2) is 59.3 Å². The largest absolute Gasteiger partial charge is 0.336 e. The molecule has 1 fully saturated rings. The smallest absolute Gasteiger partial charge is 0.259 e. The highest BCUT2D eigenvalue weighted by molar-refractivity contribution is 6.09. The fraction of sp³-hybridized carbons (Fsp3) is 0.250. The molecule has 32 heavy (non-hydrogen) atoms. The number of carbonyl (C=O) groups excluding carboxylic acids is 1. The molecule has 0 unspecified atom stereocenters. The number of benzene rings is 1. The van der Waals surface area contributed by atoms with Crippen LogP contribution in [0, 0.1) is 12.7 Å². The summed E-state index contributed by atoms with van der Waals surface area (Å²) in [5.74, 6) is -0.417.